The third kappa shape index (κ3) is 5.92. The molecular formula is C35H35N3O3. The highest BCUT2D eigenvalue weighted by atomic mass is 16.5. The van der Waals surface area contributed by atoms with Gasteiger partial charge in [-0.15, -0.1) is 0 Å². The molecule has 1 aromatic heterocycles. The average molecular weight is 546 g/mol. The van der Waals surface area contributed by atoms with Crippen LogP contribution in [0.25, 0.3) is 16.6 Å². The minimum Gasteiger partial charge on any atom is -0.497 e. The number of nitrogens with zero attached hydrogens (tertiary/aromatic N) is 3. The standard InChI is InChI=1S/C35H35N3O3/c1-4-25-15-17-27(18-16-25)34(39)37(24-23-26-11-7-6-8-12-26)32(5-2)33-36-31-14-10-9-13-30(31)35(40)38(33)28-19-21-29(41-3)22-20-28/h6-22,32H,4-5,23-24H2,1-3H3. The first-order chi connectivity index (χ1) is 20.0. The third-order valence-corrected chi connectivity index (χ3v) is 7.55. The van der Waals surface area contributed by atoms with E-state index in [0.29, 0.717) is 53.1 Å². The first kappa shape index (κ1) is 27.8. The van der Waals surface area contributed by atoms with Crippen molar-refractivity contribution in [3.05, 3.63) is 136 Å². The summed E-state index contributed by atoms with van der Waals surface area (Å²) < 4.78 is 7.01. The summed E-state index contributed by atoms with van der Waals surface area (Å²) >= 11 is 0. The van der Waals surface area contributed by atoms with Gasteiger partial charge in [-0.1, -0.05) is 68.4 Å². The van der Waals surface area contributed by atoms with Gasteiger partial charge in [-0.25, -0.2) is 4.98 Å². The van der Waals surface area contributed by atoms with Gasteiger partial charge in [0, 0.05) is 12.1 Å². The number of aromatic nitrogens is 2. The number of carbonyl (C=O) groups excluding carboxylic acids is 1. The van der Waals surface area contributed by atoms with Crippen molar-refractivity contribution in [2.45, 2.75) is 39.2 Å². The minimum atomic E-state index is -0.448. The Morgan fingerprint density at radius 2 is 1.54 bits per heavy atom. The fraction of sp³-hybridized carbons (Fsp3) is 0.229. The number of para-hydroxylation sites is 1. The molecule has 1 atom stereocenters. The Labute approximate surface area is 240 Å². The topological polar surface area (TPSA) is 64.4 Å². The number of carbonyl (C=O) groups is 1. The molecule has 0 fully saturated rings. The van der Waals surface area contributed by atoms with Gasteiger partial charge in [0.25, 0.3) is 11.5 Å². The first-order valence-corrected chi connectivity index (χ1v) is 14.1. The molecule has 0 N–H and O–H groups in total. The molecule has 5 aromatic rings. The third-order valence-electron chi connectivity index (χ3n) is 7.55. The maximum Gasteiger partial charge on any atom is 0.266 e. The van der Waals surface area contributed by atoms with Crippen molar-refractivity contribution in [2.24, 2.45) is 0 Å². The lowest BCUT2D eigenvalue weighted by Gasteiger charge is -2.32. The van der Waals surface area contributed by atoms with Gasteiger partial charge in [-0.3, -0.25) is 14.2 Å². The Hall–Kier alpha value is -4.71. The number of methoxy groups -OCH3 is 1. The maximum atomic E-state index is 14.2. The van der Waals surface area contributed by atoms with Crippen LogP contribution in [0, 0.1) is 0 Å². The second-order valence-electron chi connectivity index (χ2n) is 10.0. The molecule has 0 saturated carbocycles. The molecule has 1 amide bonds. The molecular weight excluding hydrogens is 510 g/mol. The maximum absolute atomic E-state index is 14.2. The lowest BCUT2D eigenvalue weighted by atomic mass is 10.0. The summed E-state index contributed by atoms with van der Waals surface area (Å²) in [4.78, 5) is 35.2. The normalized spacial score (nSPS) is 11.8. The summed E-state index contributed by atoms with van der Waals surface area (Å²) in [5.41, 5.74) is 4.04. The lowest BCUT2D eigenvalue weighted by molar-refractivity contribution is 0.0662. The lowest BCUT2D eigenvalue weighted by Crippen LogP contribution is -2.39. The monoisotopic (exact) mass is 545 g/mol. The van der Waals surface area contributed by atoms with Crippen molar-refractivity contribution in [3.63, 3.8) is 0 Å². The van der Waals surface area contributed by atoms with E-state index >= 15 is 0 Å². The van der Waals surface area contributed by atoms with E-state index in [2.05, 4.69) is 19.1 Å². The van der Waals surface area contributed by atoms with Crippen LogP contribution >= 0.6 is 0 Å². The summed E-state index contributed by atoms with van der Waals surface area (Å²) in [5.74, 6) is 1.14. The van der Waals surface area contributed by atoms with E-state index in [1.165, 1.54) is 5.56 Å². The van der Waals surface area contributed by atoms with E-state index in [9.17, 15) is 9.59 Å². The van der Waals surface area contributed by atoms with E-state index in [0.717, 1.165) is 12.0 Å². The zero-order valence-electron chi connectivity index (χ0n) is 23.8. The highest BCUT2D eigenvalue weighted by Crippen LogP contribution is 2.28. The molecule has 0 aliphatic heterocycles. The van der Waals surface area contributed by atoms with Gasteiger partial charge >= 0.3 is 0 Å². The van der Waals surface area contributed by atoms with E-state index in [4.69, 9.17) is 9.72 Å². The van der Waals surface area contributed by atoms with Crippen LogP contribution in [0.15, 0.2) is 108 Å². The first-order valence-electron chi connectivity index (χ1n) is 14.1. The van der Waals surface area contributed by atoms with E-state index in [-0.39, 0.29) is 11.5 Å². The minimum absolute atomic E-state index is 0.0841. The second kappa shape index (κ2) is 12.6. The zero-order valence-corrected chi connectivity index (χ0v) is 23.8. The van der Waals surface area contributed by atoms with Gasteiger partial charge in [0.05, 0.1) is 29.7 Å². The van der Waals surface area contributed by atoms with Crippen molar-refractivity contribution >= 4 is 16.8 Å². The van der Waals surface area contributed by atoms with E-state index in [1.807, 2.05) is 96.8 Å². The number of amides is 1. The highest BCUT2D eigenvalue weighted by Gasteiger charge is 2.29. The summed E-state index contributed by atoms with van der Waals surface area (Å²) in [7, 11) is 1.61. The number of fused-ring (bicyclic) bond motifs is 1. The number of benzene rings is 4. The number of hydrogen-bond donors (Lipinski definition) is 0. The Balaban J connectivity index is 1.66. The van der Waals surface area contributed by atoms with Crippen molar-refractivity contribution in [2.75, 3.05) is 13.7 Å². The Bertz CT molecular complexity index is 1680. The van der Waals surface area contributed by atoms with Crippen LogP contribution in [0.3, 0.4) is 0 Å². The molecule has 41 heavy (non-hydrogen) atoms. The molecule has 6 heteroatoms. The van der Waals surface area contributed by atoms with Crippen LogP contribution in [-0.2, 0) is 12.8 Å². The molecule has 0 radical (unpaired) electrons. The fourth-order valence-corrected chi connectivity index (χ4v) is 5.24. The Morgan fingerprint density at radius 3 is 2.20 bits per heavy atom. The zero-order chi connectivity index (χ0) is 28.8. The molecule has 0 bridgehead atoms. The van der Waals surface area contributed by atoms with Crippen LogP contribution in [-0.4, -0.2) is 34.0 Å². The smallest absolute Gasteiger partial charge is 0.266 e. The van der Waals surface area contributed by atoms with Crippen LogP contribution in [0.4, 0.5) is 0 Å². The van der Waals surface area contributed by atoms with Crippen molar-refractivity contribution in [3.8, 4) is 11.4 Å². The molecule has 6 nitrogen and oxygen atoms in total. The van der Waals surface area contributed by atoms with E-state index in [1.54, 1.807) is 17.7 Å². The van der Waals surface area contributed by atoms with Crippen LogP contribution < -0.4 is 10.3 Å². The van der Waals surface area contributed by atoms with Gasteiger partial charge in [0.2, 0.25) is 0 Å². The van der Waals surface area contributed by atoms with E-state index < -0.39 is 6.04 Å². The van der Waals surface area contributed by atoms with Gasteiger partial charge < -0.3 is 9.64 Å². The molecule has 208 valence electrons. The molecule has 0 saturated heterocycles. The van der Waals surface area contributed by atoms with Gasteiger partial charge in [-0.2, -0.15) is 0 Å². The second-order valence-corrected chi connectivity index (χ2v) is 10.0. The molecule has 0 spiro atoms. The quantitative estimate of drug-likeness (QED) is 0.194. The van der Waals surface area contributed by atoms with Crippen LogP contribution in [0.5, 0.6) is 5.75 Å². The summed E-state index contributed by atoms with van der Waals surface area (Å²) in [5, 5.41) is 0.527. The molecule has 0 aliphatic rings. The Morgan fingerprint density at radius 1 is 0.854 bits per heavy atom. The predicted octanol–water partition coefficient (Wildman–Crippen LogP) is 6.79. The SMILES string of the molecule is CCc1ccc(C(=O)N(CCc2ccccc2)C(CC)c2nc3ccccc3c(=O)n2-c2ccc(OC)cc2)cc1. The number of rotatable bonds is 10. The van der Waals surface area contributed by atoms with Gasteiger partial charge in [0.15, 0.2) is 0 Å². The number of ether oxygens (including phenoxy) is 1. The van der Waals surface area contributed by atoms with Gasteiger partial charge in [-0.05, 0) is 78.9 Å². The van der Waals surface area contributed by atoms with Crippen LogP contribution in [0.1, 0.15) is 53.6 Å². The summed E-state index contributed by atoms with van der Waals surface area (Å²) in [6.45, 7) is 4.61. The number of aryl methyl sites for hydroxylation is 1. The largest absolute Gasteiger partial charge is 0.497 e. The predicted molar refractivity (Wildman–Crippen MR) is 164 cm³/mol. The number of hydrogen-bond acceptors (Lipinski definition) is 4. The molecule has 4 aromatic carbocycles. The molecule has 0 aliphatic carbocycles. The molecule has 1 heterocycles. The summed E-state index contributed by atoms with van der Waals surface area (Å²) in [6.07, 6.45) is 2.16. The fourth-order valence-electron chi connectivity index (χ4n) is 5.24. The molecule has 5 rings (SSSR count). The average Bonchev–Trinajstić information content (AvgIpc) is 3.03. The highest BCUT2D eigenvalue weighted by molar-refractivity contribution is 5.94. The summed E-state index contributed by atoms with van der Waals surface area (Å²) in [6, 6.07) is 32.2. The van der Waals surface area contributed by atoms with Crippen LogP contribution in [0.2, 0.25) is 0 Å². The molecule has 1 unspecified atom stereocenters. The van der Waals surface area contributed by atoms with Crippen molar-refractivity contribution in [1.29, 1.82) is 0 Å². The van der Waals surface area contributed by atoms with Crippen molar-refractivity contribution < 1.29 is 9.53 Å². The van der Waals surface area contributed by atoms with Crippen molar-refractivity contribution in [1.82, 2.24) is 14.5 Å². The van der Waals surface area contributed by atoms with Gasteiger partial charge in [0.1, 0.15) is 11.6 Å². The Kier molecular flexibility index (Phi) is 8.59.